The van der Waals surface area contributed by atoms with E-state index in [1.807, 2.05) is 57.3 Å². The van der Waals surface area contributed by atoms with Gasteiger partial charge in [0.1, 0.15) is 6.04 Å². The highest BCUT2D eigenvalue weighted by Gasteiger charge is 2.63. The van der Waals surface area contributed by atoms with Gasteiger partial charge in [0.25, 0.3) is 6.02 Å². The van der Waals surface area contributed by atoms with Crippen molar-refractivity contribution in [1.82, 2.24) is 4.98 Å². The molecule has 0 saturated heterocycles. The Bertz CT molecular complexity index is 913. The number of rotatable bonds is 5. The van der Waals surface area contributed by atoms with Crippen LogP contribution in [0.1, 0.15) is 31.4 Å². The number of hydrogen-bond acceptors (Lipinski definition) is 6. The van der Waals surface area contributed by atoms with Gasteiger partial charge in [0.15, 0.2) is 5.60 Å². The van der Waals surface area contributed by atoms with Gasteiger partial charge in [-0.2, -0.15) is 0 Å². The van der Waals surface area contributed by atoms with Gasteiger partial charge in [-0.15, -0.1) is 0 Å². The Hall–Kier alpha value is -3.09. The van der Waals surface area contributed by atoms with E-state index in [2.05, 4.69) is 20.6 Å². The monoisotopic (exact) mass is 380 g/mol. The topological polar surface area (TPSA) is 84.8 Å². The first-order chi connectivity index (χ1) is 13.5. The van der Waals surface area contributed by atoms with Crippen LogP contribution in [0, 0.1) is 12.8 Å². The van der Waals surface area contributed by atoms with Crippen molar-refractivity contribution in [2.75, 3.05) is 17.2 Å². The van der Waals surface area contributed by atoms with Gasteiger partial charge >= 0.3 is 6.09 Å². The lowest BCUT2D eigenvalue weighted by molar-refractivity contribution is 0.147. The molecule has 2 aliphatic rings. The maximum absolute atomic E-state index is 11.9. The number of carbonyl (C=O) groups excluding carboxylic acids is 1. The van der Waals surface area contributed by atoms with Crippen LogP contribution in [0.15, 0.2) is 47.7 Å². The SMILES string of the molecule is Cc1ccc(NC(=O)OCC(C)C)cc1NC1=NC2CC2(c2cccnc2)O1. The second kappa shape index (κ2) is 7.14. The molecule has 1 amide bonds. The van der Waals surface area contributed by atoms with Crippen LogP contribution < -0.4 is 10.6 Å². The molecule has 0 bridgehead atoms. The predicted octanol–water partition coefficient (Wildman–Crippen LogP) is 4.06. The highest BCUT2D eigenvalue weighted by molar-refractivity contribution is 5.94. The van der Waals surface area contributed by atoms with Crippen LogP contribution >= 0.6 is 0 Å². The average Bonchev–Trinajstić information content (AvgIpc) is 3.25. The zero-order valence-electron chi connectivity index (χ0n) is 16.2. The average molecular weight is 380 g/mol. The summed E-state index contributed by atoms with van der Waals surface area (Å²) in [6.07, 6.45) is 3.98. The first kappa shape index (κ1) is 18.3. The van der Waals surface area contributed by atoms with Crippen molar-refractivity contribution in [3.63, 3.8) is 0 Å². The van der Waals surface area contributed by atoms with Crippen LogP contribution in [0.5, 0.6) is 0 Å². The number of benzene rings is 1. The molecule has 7 heteroatoms. The maximum Gasteiger partial charge on any atom is 0.411 e. The second-order valence-electron chi connectivity index (χ2n) is 7.66. The normalized spacial score (nSPS) is 22.1. The highest BCUT2D eigenvalue weighted by Crippen LogP contribution is 2.55. The minimum atomic E-state index is -0.463. The molecule has 2 heterocycles. The van der Waals surface area contributed by atoms with Gasteiger partial charge in [0.05, 0.1) is 6.61 Å². The number of pyridine rings is 1. The van der Waals surface area contributed by atoms with E-state index in [1.54, 1.807) is 6.20 Å². The number of amides is 1. The van der Waals surface area contributed by atoms with E-state index in [0.29, 0.717) is 18.3 Å². The molecule has 1 aromatic heterocycles. The fraction of sp³-hybridized carbons (Fsp3) is 0.381. The fourth-order valence-corrected chi connectivity index (χ4v) is 3.21. The predicted molar refractivity (Wildman–Crippen MR) is 107 cm³/mol. The summed E-state index contributed by atoms with van der Waals surface area (Å²) in [5.41, 5.74) is 3.14. The standard InChI is InChI=1S/C21H24N4O3/c1-13(2)12-27-20(26)23-16-7-6-14(3)17(9-16)24-19-25-18-10-21(18,28-19)15-5-4-8-22-11-15/h4-9,11,13,18H,10,12H2,1-3H3,(H,23,26)(H,24,25). The maximum atomic E-state index is 11.9. The smallest absolute Gasteiger partial charge is 0.411 e. The largest absolute Gasteiger partial charge is 0.451 e. The number of fused-ring (bicyclic) bond motifs is 1. The van der Waals surface area contributed by atoms with Crippen molar-refractivity contribution in [3.05, 3.63) is 53.9 Å². The third-order valence-corrected chi connectivity index (χ3v) is 4.85. The third kappa shape index (κ3) is 3.65. The van der Waals surface area contributed by atoms with E-state index in [4.69, 9.17) is 9.47 Å². The molecule has 1 fully saturated rings. The zero-order chi connectivity index (χ0) is 19.7. The first-order valence-corrected chi connectivity index (χ1v) is 9.45. The Kier molecular flexibility index (Phi) is 4.66. The quantitative estimate of drug-likeness (QED) is 0.817. The molecule has 1 saturated carbocycles. The van der Waals surface area contributed by atoms with Crippen LogP contribution in [-0.2, 0) is 15.1 Å². The summed E-state index contributed by atoms with van der Waals surface area (Å²) < 4.78 is 11.3. The van der Waals surface area contributed by atoms with Gasteiger partial charge in [-0.05, 0) is 36.6 Å². The van der Waals surface area contributed by atoms with Crippen molar-refractivity contribution in [2.24, 2.45) is 10.9 Å². The molecule has 4 rings (SSSR count). The van der Waals surface area contributed by atoms with E-state index >= 15 is 0 Å². The van der Waals surface area contributed by atoms with Crippen molar-refractivity contribution in [2.45, 2.75) is 38.8 Å². The van der Waals surface area contributed by atoms with E-state index in [0.717, 1.165) is 23.2 Å². The van der Waals surface area contributed by atoms with E-state index in [-0.39, 0.29) is 17.6 Å². The Morgan fingerprint density at radius 3 is 3.00 bits per heavy atom. The molecule has 1 aliphatic carbocycles. The summed E-state index contributed by atoms with van der Waals surface area (Å²) in [6, 6.07) is 10.1. The fourth-order valence-electron chi connectivity index (χ4n) is 3.21. The summed E-state index contributed by atoms with van der Waals surface area (Å²) in [6.45, 7) is 6.35. The van der Waals surface area contributed by atoms with Crippen molar-refractivity contribution in [1.29, 1.82) is 0 Å². The molecule has 0 radical (unpaired) electrons. The molecule has 0 spiro atoms. The molecule has 2 unspecified atom stereocenters. The van der Waals surface area contributed by atoms with Gasteiger partial charge < -0.3 is 14.8 Å². The summed E-state index contributed by atoms with van der Waals surface area (Å²) in [4.78, 5) is 20.7. The van der Waals surface area contributed by atoms with Crippen LogP contribution in [0.25, 0.3) is 0 Å². The molecule has 2 aromatic rings. The Morgan fingerprint density at radius 2 is 2.25 bits per heavy atom. The number of aromatic nitrogens is 1. The summed E-state index contributed by atoms with van der Waals surface area (Å²) in [5.74, 6) is 0.289. The molecular formula is C21H24N4O3. The molecule has 2 N–H and O–H groups in total. The van der Waals surface area contributed by atoms with Crippen molar-refractivity contribution in [3.8, 4) is 0 Å². The second-order valence-corrected chi connectivity index (χ2v) is 7.66. The van der Waals surface area contributed by atoms with Crippen LogP contribution in [0.2, 0.25) is 0 Å². The number of anilines is 2. The van der Waals surface area contributed by atoms with E-state index < -0.39 is 6.09 Å². The van der Waals surface area contributed by atoms with E-state index in [9.17, 15) is 4.79 Å². The number of nitrogens with zero attached hydrogens (tertiary/aromatic N) is 2. The zero-order valence-corrected chi connectivity index (χ0v) is 16.2. The molecule has 7 nitrogen and oxygen atoms in total. The molecule has 2 atom stereocenters. The number of aliphatic imine (C=N–C) groups is 1. The Labute approximate surface area is 164 Å². The van der Waals surface area contributed by atoms with Gasteiger partial charge in [0, 0.05) is 35.8 Å². The van der Waals surface area contributed by atoms with Crippen molar-refractivity contribution >= 4 is 23.5 Å². The summed E-state index contributed by atoms with van der Waals surface area (Å²) >= 11 is 0. The number of ether oxygens (including phenoxy) is 2. The molecule has 1 aliphatic heterocycles. The van der Waals surface area contributed by atoms with Crippen molar-refractivity contribution < 1.29 is 14.3 Å². The Morgan fingerprint density at radius 1 is 1.39 bits per heavy atom. The summed E-state index contributed by atoms with van der Waals surface area (Å²) in [5, 5.41) is 5.99. The third-order valence-electron chi connectivity index (χ3n) is 4.85. The lowest BCUT2D eigenvalue weighted by atomic mass is 10.1. The van der Waals surface area contributed by atoms with E-state index in [1.165, 1.54) is 0 Å². The lowest BCUT2D eigenvalue weighted by Crippen LogP contribution is -2.21. The van der Waals surface area contributed by atoms with Gasteiger partial charge in [0.2, 0.25) is 0 Å². The molecular weight excluding hydrogens is 356 g/mol. The molecule has 1 aromatic carbocycles. The minimum Gasteiger partial charge on any atom is -0.451 e. The number of nitrogens with one attached hydrogen (secondary N) is 2. The van der Waals surface area contributed by atoms with Gasteiger partial charge in [-0.25, -0.2) is 9.79 Å². The minimum absolute atomic E-state index is 0.117. The number of carbonyl (C=O) groups is 1. The van der Waals surface area contributed by atoms with Crippen LogP contribution in [0.3, 0.4) is 0 Å². The van der Waals surface area contributed by atoms with Gasteiger partial charge in [-0.1, -0.05) is 26.0 Å². The number of hydrogen-bond donors (Lipinski definition) is 2. The molecule has 28 heavy (non-hydrogen) atoms. The molecule has 146 valence electrons. The van der Waals surface area contributed by atoms with Gasteiger partial charge in [-0.3, -0.25) is 10.3 Å². The van der Waals surface area contributed by atoms with Crippen LogP contribution in [0.4, 0.5) is 16.2 Å². The number of aryl methyl sites for hydroxylation is 1. The van der Waals surface area contributed by atoms with Crippen LogP contribution in [-0.4, -0.2) is 29.7 Å². The highest BCUT2D eigenvalue weighted by atomic mass is 16.5. The first-order valence-electron chi connectivity index (χ1n) is 9.45. The Balaban J connectivity index is 1.42. The number of amidine groups is 1. The lowest BCUT2D eigenvalue weighted by Gasteiger charge is -2.17. The summed E-state index contributed by atoms with van der Waals surface area (Å²) in [7, 11) is 0.